The summed E-state index contributed by atoms with van der Waals surface area (Å²) in [6.45, 7) is 0. The van der Waals surface area contributed by atoms with Crippen molar-refractivity contribution < 1.29 is 0 Å². The van der Waals surface area contributed by atoms with Crippen molar-refractivity contribution in [3.05, 3.63) is 0 Å². The van der Waals surface area contributed by atoms with Crippen LogP contribution < -0.4 is 0 Å². The van der Waals surface area contributed by atoms with Gasteiger partial charge >= 0.3 is 0 Å². The highest BCUT2D eigenvalue weighted by Crippen LogP contribution is 2.05. The van der Waals surface area contributed by atoms with Gasteiger partial charge in [-0.3, -0.25) is 0 Å². The van der Waals surface area contributed by atoms with Gasteiger partial charge in [0.15, 0.2) is 0 Å². The monoisotopic (exact) mass is 134 g/mol. The minimum Gasteiger partial charge on any atom is -0.148 e. The van der Waals surface area contributed by atoms with E-state index in [1.54, 1.807) is 11.8 Å². The molecule has 0 heterocycles. The largest absolute Gasteiger partial charge is 0.148 e. The molecule has 40 valence electrons. The summed E-state index contributed by atoms with van der Waals surface area (Å²) < 4.78 is 0. The van der Waals surface area contributed by atoms with Crippen molar-refractivity contribution >= 4 is 23.4 Å². The maximum atomic E-state index is 5.40. The molecule has 0 nitrogen and oxygen atoms in total. The maximum Gasteiger partial charge on any atom is 0.0786 e. The van der Waals surface area contributed by atoms with Crippen molar-refractivity contribution in [3.63, 3.8) is 0 Å². The van der Waals surface area contributed by atoms with Gasteiger partial charge in [-0.05, 0) is 6.26 Å². The predicted molar refractivity (Wildman–Crippen MR) is 36.9 cm³/mol. The molecule has 7 heavy (non-hydrogen) atoms. The molecule has 0 aromatic rings. The fourth-order valence-electron chi connectivity index (χ4n) is 0.176. The van der Waals surface area contributed by atoms with E-state index in [-0.39, 0.29) is 5.25 Å². The quantitative estimate of drug-likeness (QED) is 0.408. The van der Waals surface area contributed by atoms with Crippen LogP contribution in [0.4, 0.5) is 0 Å². The zero-order chi connectivity index (χ0) is 5.70. The first-order valence-electron chi connectivity index (χ1n) is 1.90. The second-order valence-corrected chi connectivity index (χ2v) is 2.39. The molecule has 0 spiro atoms. The van der Waals surface area contributed by atoms with Crippen molar-refractivity contribution in [2.24, 2.45) is 0 Å². The van der Waals surface area contributed by atoms with Crippen LogP contribution in [0.15, 0.2) is 0 Å². The van der Waals surface area contributed by atoms with E-state index < -0.39 is 0 Å². The lowest BCUT2D eigenvalue weighted by Crippen LogP contribution is -1.97. The van der Waals surface area contributed by atoms with Crippen molar-refractivity contribution in [3.8, 4) is 12.3 Å². The van der Waals surface area contributed by atoms with E-state index in [4.69, 9.17) is 18.0 Å². The van der Waals surface area contributed by atoms with Gasteiger partial charge in [0.1, 0.15) is 0 Å². The first-order chi connectivity index (χ1) is 3.35. The third kappa shape index (κ3) is 2.85. The van der Waals surface area contributed by atoms with Crippen LogP contribution in [-0.2, 0) is 0 Å². The third-order valence-corrected chi connectivity index (χ3v) is 1.97. The van der Waals surface area contributed by atoms with Crippen LogP contribution in [0.2, 0.25) is 0 Å². The molecule has 0 aliphatic carbocycles. The number of hydrogen-bond donors (Lipinski definition) is 0. The zero-order valence-electron chi connectivity index (χ0n) is 4.15. The average molecular weight is 135 g/mol. The Bertz CT molecular complexity index is 70.6. The normalized spacial score (nSPS) is 12.7. The second kappa shape index (κ2) is 4.36. The van der Waals surface area contributed by atoms with E-state index in [9.17, 15) is 0 Å². The second-order valence-electron chi connectivity index (χ2n) is 1.05. The molecule has 0 radical (unpaired) electrons. The Morgan fingerprint density at radius 2 is 2.57 bits per heavy atom. The lowest BCUT2D eigenvalue weighted by atomic mass is 10.5. The molecule has 0 saturated heterocycles. The van der Waals surface area contributed by atoms with Crippen LogP contribution in [0.1, 0.15) is 0 Å². The lowest BCUT2D eigenvalue weighted by molar-refractivity contribution is 1.32. The van der Waals surface area contributed by atoms with E-state index in [1.165, 1.54) is 0 Å². The van der Waals surface area contributed by atoms with E-state index >= 15 is 0 Å². The lowest BCUT2D eigenvalue weighted by Gasteiger charge is -1.96. The molecule has 0 aromatic carbocycles. The van der Waals surface area contributed by atoms with E-state index in [0.717, 1.165) is 0 Å². The molecule has 0 fully saturated rings. The molecule has 2 heteroatoms. The molecular formula is C5H7ClS. The number of rotatable bonds is 2. The van der Waals surface area contributed by atoms with Gasteiger partial charge in [0.05, 0.1) is 5.25 Å². The van der Waals surface area contributed by atoms with Crippen molar-refractivity contribution in [2.45, 2.75) is 5.25 Å². The standard InChI is InChI=1S/C5H7ClS/c1-3-5(4-6)7-2/h1,5H,4H2,2H3. The van der Waals surface area contributed by atoms with E-state index in [1.807, 2.05) is 6.26 Å². The molecule has 0 rings (SSSR count). The van der Waals surface area contributed by atoms with Crippen molar-refractivity contribution in [2.75, 3.05) is 12.1 Å². The number of hydrogen-bond acceptors (Lipinski definition) is 1. The molecule has 0 N–H and O–H groups in total. The topological polar surface area (TPSA) is 0 Å². The Kier molecular flexibility index (Phi) is 4.49. The maximum absolute atomic E-state index is 5.40. The Morgan fingerprint density at radius 1 is 2.00 bits per heavy atom. The van der Waals surface area contributed by atoms with Gasteiger partial charge in [-0.2, -0.15) is 0 Å². The SMILES string of the molecule is C#CC(CCl)SC. The van der Waals surface area contributed by atoms with Gasteiger partial charge in [0.2, 0.25) is 0 Å². The van der Waals surface area contributed by atoms with Gasteiger partial charge in [0.25, 0.3) is 0 Å². The van der Waals surface area contributed by atoms with E-state index in [0.29, 0.717) is 5.88 Å². The summed E-state index contributed by atoms with van der Waals surface area (Å²) in [4.78, 5) is 0. The minimum absolute atomic E-state index is 0.196. The summed E-state index contributed by atoms with van der Waals surface area (Å²) in [5.74, 6) is 3.09. The first kappa shape index (κ1) is 7.20. The Morgan fingerprint density at radius 3 is 2.57 bits per heavy atom. The fourth-order valence-corrected chi connectivity index (χ4v) is 0.905. The molecule has 0 amide bonds. The number of terminal acetylenes is 1. The van der Waals surface area contributed by atoms with E-state index in [2.05, 4.69) is 5.92 Å². The van der Waals surface area contributed by atoms with Gasteiger partial charge in [-0.1, -0.05) is 5.92 Å². The first-order valence-corrected chi connectivity index (χ1v) is 3.72. The number of thioether (sulfide) groups is 1. The van der Waals surface area contributed by atoms with Crippen LogP contribution in [0.25, 0.3) is 0 Å². The smallest absolute Gasteiger partial charge is 0.0786 e. The Hall–Kier alpha value is 0.200. The Balaban J connectivity index is 3.23. The molecule has 0 aromatic heterocycles. The van der Waals surface area contributed by atoms with Crippen LogP contribution in [0, 0.1) is 12.3 Å². The summed E-state index contributed by atoms with van der Waals surface area (Å²) in [5, 5.41) is 0.196. The van der Waals surface area contributed by atoms with Gasteiger partial charge in [-0.25, -0.2) is 0 Å². The third-order valence-electron chi connectivity index (χ3n) is 0.611. The summed E-state index contributed by atoms with van der Waals surface area (Å²) >= 11 is 7.01. The summed E-state index contributed by atoms with van der Waals surface area (Å²) in [5.41, 5.74) is 0. The summed E-state index contributed by atoms with van der Waals surface area (Å²) in [6.07, 6.45) is 6.99. The average Bonchev–Trinajstić information content (AvgIpc) is 1.72. The molecule has 1 unspecified atom stereocenters. The summed E-state index contributed by atoms with van der Waals surface area (Å²) in [7, 11) is 0. The van der Waals surface area contributed by atoms with Crippen LogP contribution in [0.3, 0.4) is 0 Å². The van der Waals surface area contributed by atoms with Gasteiger partial charge < -0.3 is 0 Å². The minimum atomic E-state index is 0.196. The molecule has 0 saturated carbocycles. The predicted octanol–water partition coefficient (Wildman–Crippen LogP) is 1.59. The number of alkyl halides is 1. The van der Waals surface area contributed by atoms with Gasteiger partial charge in [-0.15, -0.1) is 29.8 Å². The van der Waals surface area contributed by atoms with Crippen molar-refractivity contribution in [1.29, 1.82) is 0 Å². The highest BCUT2D eigenvalue weighted by molar-refractivity contribution is 7.99. The number of halogens is 1. The fraction of sp³-hybridized carbons (Fsp3) is 0.600. The molecule has 0 aliphatic rings. The van der Waals surface area contributed by atoms with Crippen molar-refractivity contribution in [1.82, 2.24) is 0 Å². The molecule has 0 bridgehead atoms. The Labute approximate surface area is 53.6 Å². The molecule has 0 aliphatic heterocycles. The highest BCUT2D eigenvalue weighted by Gasteiger charge is 1.95. The zero-order valence-corrected chi connectivity index (χ0v) is 5.72. The van der Waals surface area contributed by atoms with Gasteiger partial charge in [0, 0.05) is 5.88 Å². The van der Waals surface area contributed by atoms with Crippen LogP contribution >= 0.6 is 23.4 Å². The highest BCUT2D eigenvalue weighted by atomic mass is 35.5. The van der Waals surface area contributed by atoms with Crippen LogP contribution in [0.5, 0.6) is 0 Å². The van der Waals surface area contributed by atoms with Crippen LogP contribution in [-0.4, -0.2) is 17.4 Å². The summed E-state index contributed by atoms with van der Waals surface area (Å²) in [6, 6.07) is 0. The molecule has 1 atom stereocenters. The molecular weight excluding hydrogens is 128 g/mol.